The molecule has 0 saturated carbocycles. The van der Waals surface area contributed by atoms with Gasteiger partial charge < -0.3 is 11.1 Å². The number of halogens is 11. The van der Waals surface area contributed by atoms with Crippen LogP contribution in [0.3, 0.4) is 0 Å². The summed E-state index contributed by atoms with van der Waals surface area (Å²) in [6.45, 7) is 0. The first kappa shape index (κ1) is 25.7. The number of sulfone groups is 2. The van der Waals surface area contributed by atoms with Crippen molar-refractivity contribution >= 4 is 25.7 Å². The molecular formula is C10H3F11N2O5S2. The predicted molar refractivity (Wildman–Crippen MR) is 70.6 cm³/mol. The normalized spacial score (nSPS) is 14.0. The van der Waals surface area contributed by atoms with Crippen molar-refractivity contribution in [3.8, 4) is 0 Å². The summed E-state index contributed by atoms with van der Waals surface area (Å²) >= 11 is 0. The molecule has 7 nitrogen and oxygen atoms in total. The van der Waals surface area contributed by atoms with Gasteiger partial charge in [-0.15, -0.1) is 0 Å². The van der Waals surface area contributed by atoms with Gasteiger partial charge in [-0.2, -0.15) is 26.3 Å². The first-order chi connectivity index (χ1) is 13.1. The number of primary amides is 1. The number of amides is 2. The van der Waals surface area contributed by atoms with Crippen LogP contribution in [-0.4, -0.2) is 33.9 Å². The molecule has 20 heteroatoms. The number of nitrogens with one attached hydrogen (secondary N) is 1. The molecule has 0 radical (unpaired) electrons. The molecule has 1 aromatic rings. The van der Waals surface area contributed by atoms with Gasteiger partial charge in [0, 0.05) is 0 Å². The van der Waals surface area contributed by atoms with Crippen LogP contribution < -0.4 is 11.1 Å². The molecule has 0 aliphatic carbocycles. The van der Waals surface area contributed by atoms with E-state index in [-0.39, 0.29) is 5.32 Å². The van der Waals surface area contributed by atoms with Gasteiger partial charge in [-0.25, -0.2) is 43.6 Å². The van der Waals surface area contributed by atoms with Crippen molar-refractivity contribution in [2.45, 2.75) is 15.2 Å². The van der Waals surface area contributed by atoms with Crippen LogP contribution in [0.5, 0.6) is 0 Å². The number of carbonyl (C=O) groups excluding carboxylic acids is 1. The van der Waals surface area contributed by atoms with Crippen LogP contribution in [0.25, 0.3) is 0 Å². The zero-order valence-corrected chi connectivity index (χ0v) is 14.7. The first-order valence-corrected chi connectivity index (χ1v) is 9.27. The van der Waals surface area contributed by atoms with E-state index in [2.05, 4.69) is 5.73 Å². The van der Waals surface area contributed by atoms with E-state index in [1.165, 1.54) is 0 Å². The summed E-state index contributed by atoms with van der Waals surface area (Å²) in [6.07, 6.45) is 0. The molecule has 0 fully saturated rings. The van der Waals surface area contributed by atoms with Crippen LogP contribution in [-0.2, 0) is 23.9 Å². The molecule has 1 rings (SSSR count). The van der Waals surface area contributed by atoms with Crippen molar-refractivity contribution in [2.75, 3.05) is 0 Å². The summed E-state index contributed by atoms with van der Waals surface area (Å²) in [5.74, 6) is -17.4. The lowest BCUT2D eigenvalue weighted by molar-refractivity contribution is -0.0500. The van der Waals surface area contributed by atoms with Crippen molar-refractivity contribution < 1.29 is 69.9 Å². The molecule has 0 heterocycles. The second kappa shape index (κ2) is 7.10. The predicted octanol–water partition coefficient (Wildman–Crippen LogP) is 2.03. The molecule has 3 N–H and O–H groups in total. The van der Waals surface area contributed by atoms with Crippen LogP contribution >= 0.6 is 0 Å². The van der Waals surface area contributed by atoms with E-state index in [9.17, 15) is 69.9 Å². The van der Waals surface area contributed by atoms with E-state index in [0.717, 1.165) is 0 Å². The highest BCUT2D eigenvalue weighted by atomic mass is 32.3. The molecular weight excluding hydrogens is 501 g/mol. The van der Waals surface area contributed by atoms with E-state index >= 15 is 0 Å². The number of hydrogen-bond acceptors (Lipinski definition) is 5. The molecule has 0 aromatic heterocycles. The Morgan fingerprint density at radius 1 is 0.667 bits per heavy atom. The smallest absolute Gasteiger partial charge is 0.352 e. The highest BCUT2D eigenvalue weighted by Crippen LogP contribution is 2.50. The minimum absolute atomic E-state index is 0.154. The Hall–Kier alpha value is -2.38. The van der Waals surface area contributed by atoms with Crippen LogP contribution in [0.4, 0.5) is 53.1 Å². The van der Waals surface area contributed by atoms with Gasteiger partial charge in [0.15, 0.2) is 23.3 Å². The second-order valence-corrected chi connectivity index (χ2v) is 9.37. The second-order valence-electron chi connectivity index (χ2n) is 4.95. The number of alkyl halides is 6. The first-order valence-electron chi connectivity index (χ1n) is 6.30. The average molecular weight is 504 g/mol. The Labute approximate surface area is 157 Å². The third-order valence-electron chi connectivity index (χ3n) is 3.19. The molecule has 172 valence electrons. The minimum atomic E-state index is -8.24. The van der Waals surface area contributed by atoms with Gasteiger partial charge in [0.25, 0.3) is 23.9 Å². The molecule has 0 saturated heterocycles. The summed E-state index contributed by atoms with van der Waals surface area (Å²) < 4.78 is 187. The van der Waals surface area contributed by atoms with Gasteiger partial charge in [-0.1, -0.05) is 0 Å². The Balaban J connectivity index is 4.65. The average Bonchev–Trinajstić information content (AvgIpc) is 2.54. The van der Waals surface area contributed by atoms with Crippen molar-refractivity contribution in [1.29, 1.82) is 0 Å². The van der Waals surface area contributed by atoms with Gasteiger partial charge in [0.1, 0.15) is 0 Å². The molecule has 30 heavy (non-hydrogen) atoms. The summed E-state index contributed by atoms with van der Waals surface area (Å²) in [5, 5.41) is -0.154. The number of hydrogen-bond donors (Lipinski definition) is 2. The van der Waals surface area contributed by atoms with E-state index in [1.54, 1.807) is 0 Å². The number of urea groups is 1. The standard InChI is InChI=1S/C10H3F11N2O5S2/c11-2-1(3(12)5(14)6(15)4(2)13)8(23-7(22)24,29(25,26)9(16,17)18)30(27,28)10(19,20)21/h(H3,22,23,24). The van der Waals surface area contributed by atoms with Crippen molar-refractivity contribution in [1.82, 2.24) is 5.32 Å². The van der Waals surface area contributed by atoms with Crippen LogP contribution in [0.1, 0.15) is 5.56 Å². The van der Waals surface area contributed by atoms with Gasteiger partial charge in [0.05, 0.1) is 5.56 Å². The Morgan fingerprint density at radius 3 is 1.17 bits per heavy atom. The fourth-order valence-corrected chi connectivity index (χ4v) is 5.73. The van der Waals surface area contributed by atoms with Crippen molar-refractivity contribution in [3.63, 3.8) is 0 Å². The lowest BCUT2D eigenvalue weighted by atomic mass is 10.1. The maximum atomic E-state index is 14.0. The Bertz CT molecular complexity index is 1040. The summed E-state index contributed by atoms with van der Waals surface area (Å²) in [6, 6.07) is -2.90. The lowest BCUT2D eigenvalue weighted by Crippen LogP contribution is -2.64. The maximum Gasteiger partial charge on any atom is 0.501 e. The zero-order chi connectivity index (χ0) is 24.2. The van der Waals surface area contributed by atoms with E-state index in [1.807, 2.05) is 0 Å². The minimum Gasteiger partial charge on any atom is -0.352 e. The fraction of sp³-hybridized carbons (Fsp3) is 0.300. The number of benzene rings is 1. The Kier molecular flexibility index (Phi) is 6.07. The molecule has 1 aromatic carbocycles. The molecule has 0 unspecified atom stereocenters. The third-order valence-corrected chi connectivity index (χ3v) is 7.85. The number of rotatable bonds is 4. The van der Waals surface area contributed by atoms with Crippen LogP contribution in [0, 0.1) is 29.1 Å². The zero-order valence-electron chi connectivity index (χ0n) is 13.1. The number of nitrogens with two attached hydrogens (primary N) is 1. The highest BCUT2D eigenvalue weighted by molar-refractivity contribution is 8.10. The summed E-state index contributed by atoms with van der Waals surface area (Å²) in [5.41, 5.74) is -13.9. The summed E-state index contributed by atoms with van der Waals surface area (Å²) in [4.78, 5) is 10.9. The maximum absolute atomic E-state index is 14.0. The Morgan fingerprint density at radius 2 is 0.933 bits per heavy atom. The van der Waals surface area contributed by atoms with E-state index in [0.29, 0.717) is 0 Å². The van der Waals surface area contributed by atoms with Gasteiger partial charge in [0.2, 0.25) is 5.82 Å². The molecule has 2 amide bonds. The number of carbonyl (C=O) groups is 1. The van der Waals surface area contributed by atoms with Crippen LogP contribution in [0.15, 0.2) is 0 Å². The largest absolute Gasteiger partial charge is 0.501 e. The van der Waals surface area contributed by atoms with Gasteiger partial charge in [-0.05, 0) is 0 Å². The quantitative estimate of drug-likeness (QED) is 0.369. The lowest BCUT2D eigenvalue weighted by Gasteiger charge is -2.34. The summed E-state index contributed by atoms with van der Waals surface area (Å²) in [7, 11) is -16.5. The van der Waals surface area contributed by atoms with Crippen molar-refractivity contribution in [2.24, 2.45) is 5.73 Å². The van der Waals surface area contributed by atoms with E-state index < -0.39 is 75.6 Å². The topological polar surface area (TPSA) is 123 Å². The fourth-order valence-electron chi connectivity index (χ4n) is 1.99. The highest BCUT2D eigenvalue weighted by Gasteiger charge is 2.76. The molecule has 0 bridgehead atoms. The SMILES string of the molecule is NC(=O)NC(c1c(F)c(F)c(F)c(F)c1F)(S(=O)(=O)C(F)(F)F)S(=O)(=O)C(F)(F)F. The molecule has 0 atom stereocenters. The van der Waals surface area contributed by atoms with Gasteiger partial charge in [-0.3, -0.25) is 0 Å². The monoisotopic (exact) mass is 504 g/mol. The molecule has 0 spiro atoms. The molecule has 0 aliphatic heterocycles. The van der Waals surface area contributed by atoms with Crippen LogP contribution in [0.2, 0.25) is 0 Å². The third kappa shape index (κ3) is 3.30. The van der Waals surface area contributed by atoms with E-state index in [4.69, 9.17) is 0 Å². The molecule has 0 aliphatic rings. The van der Waals surface area contributed by atoms with Gasteiger partial charge >= 0.3 is 17.0 Å². The van der Waals surface area contributed by atoms with Crippen molar-refractivity contribution in [3.05, 3.63) is 34.6 Å².